The van der Waals surface area contributed by atoms with E-state index >= 15 is 0 Å². The molecular formula is C11H17Cl3N2O2S. The van der Waals surface area contributed by atoms with Crippen LogP contribution in [0.15, 0.2) is 18.2 Å². The molecule has 8 heteroatoms. The van der Waals surface area contributed by atoms with Gasteiger partial charge in [0.15, 0.2) is 0 Å². The first-order valence-corrected chi connectivity index (χ1v) is 7.91. The molecule has 0 saturated heterocycles. The lowest BCUT2D eigenvalue weighted by molar-refractivity contribution is 0.576. The predicted octanol–water partition coefficient (Wildman–Crippen LogP) is 2.44. The lowest BCUT2D eigenvalue weighted by Crippen LogP contribution is -2.27. The molecule has 0 aliphatic carbocycles. The Bertz CT molecular complexity index is 474. The first-order valence-electron chi connectivity index (χ1n) is 5.50. The average Bonchev–Trinajstić information content (AvgIpc) is 2.22. The molecule has 0 bridgehead atoms. The molecule has 2 N–H and O–H groups in total. The van der Waals surface area contributed by atoms with Crippen LogP contribution in [0, 0.1) is 0 Å². The van der Waals surface area contributed by atoms with E-state index in [9.17, 15) is 8.42 Å². The quantitative estimate of drug-likeness (QED) is 0.745. The van der Waals surface area contributed by atoms with Crippen LogP contribution < -0.4 is 10.0 Å². The highest BCUT2D eigenvalue weighted by Crippen LogP contribution is 2.20. The third-order valence-corrected chi connectivity index (χ3v) is 4.00. The summed E-state index contributed by atoms with van der Waals surface area (Å²) in [7, 11) is -1.52. The van der Waals surface area contributed by atoms with Crippen molar-refractivity contribution < 1.29 is 8.42 Å². The van der Waals surface area contributed by atoms with Gasteiger partial charge in [0.1, 0.15) is 0 Å². The molecule has 0 aliphatic heterocycles. The maximum Gasteiger partial charge on any atom is 0.215 e. The van der Waals surface area contributed by atoms with Gasteiger partial charge >= 0.3 is 0 Å². The summed E-state index contributed by atoms with van der Waals surface area (Å²) in [5.41, 5.74) is 0.577. The maximum atomic E-state index is 11.8. The van der Waals surface area contributed by atoms with E-state index in [-0.39, 0.29) is 18.2 Å². The first-order chi connectivity index (χ1) is 8.43. The lowest BCUT2D eigenvalue weighted by Gasteiger charge is -2.07. The fraction of sp³-hybridized carbons (Fsp3) is 0.455. The normalized spacial score (nSPS) is 11.1. The van der Waals surface area contributed by atoms with Gasteiger partial charge in [-0.15, -0.1) is 12.4 Å². The minimum Gasteiger partial charge on any atom is -0.320 e. The summed E-state index contributed by atoms with van der Waals surface area (Å²) in [4.78, 5) is 0. The average molecular weight is 348 g/mol. The van der Waals surface area contributed by atoms with Crippen molar-refractivity contribution >= 4 is 45.6 Å². The van der Waals surface area contributed by atoms with Crippen molar-refractivity contribution in [2.24, 2.45) is 0 Å². The van der Waals surface area contributed by atoms with Crippen molar-refractivity contribution in [3.63, 3.8) is 0 Å². The van der Waals surface area contributed by atoms with E-state index in [4.69, 9.17) is 23.2 Å². The van der Waals surface area contributed by atoms with Crippen LogP contribution in [0.2, 0.25) is 10.0 Å². The van der Waals surface area contributed by atoms with Gasteiger partial charge in [0.05, 0.1) is 5.75 Å². The van der Waals surface area contributed by atoms with Crippen LogP contribution in [0.1, 0.15) is 12.0 Å². The Morgan fingerprint density at radius 3 is 2.21 bits per heavy atom. The summed E-state index contributed by atoms with van der Waals surface area (Å²) < 4.78 is 26.1. The number of benzene rings is 1. The summed E-state index contributed by atoms with van der Waals surface area (Å²) in [6, 6.07) is 4.76. The van der Waals surface area contributed by atoms with Crippen molar-refractivity contribution in [3.8, 4) is 0 Å². The smallest absolute Gasteiger partial charge is 0.215 e. The van der Waals surface area contributed by atoms with Gasteiger partial charge in [0.25, 0.3) is 0 Å². The molecule has 1 aromatic rings. The number of hydrogen-bond acceptors (Lipinski definition) is 3. The van der Waals surface area contributed by atoms with Gasteiger partial charge in [-0.2, -0.15) is 0 Å². The number of nitrogens with one attached hydrogen (secondary N) is 2. The Kier molecular flexibility index (Phi) is 8.98. The monoisotopic (exact) mass is 346 g/mol. The number of halogens is 3. The zero-order valence-corrected chi connectivity index (χ0v) is 13.6. The molecule has 0 aromatic heterocycles. The molecular weight excluding hydrogens is 331 g/mol. The minimum absolute atomic E-state index is 0. The molecule has 0 spiro atoms. The summed E-state index contributed by atoms with van der Waals surface area (Å²) in [6.07, 6.45) is 0.742. The Morgan fingerprint density at radius 1 is 1.11 bits per heavy atom. The predicted molar refractivity (Wildman–Crippen MR) is 82.9 cm³/mol. The highest BCUT2D eigenvalue weighted by Gasteiger charge is 2.11. The summed E-state index contributed by atoms with van der Waals surface area (Å²) in [5.74, 6) is -0.118. The molecule has 110 valence electrons. The van der Waals surface area contributed by atoms with E-state index in [1.165, 1.54) is 0 Å². The van der Waals surface area contributed by atoms with Crippen LogP contribution in [-0.2, 0) is 15.8 Å². The number of sulfonamides is 1. The maximum absolute atomic E-state index is 11.8. The lowest BCUT2D eigenvalue weighted by atomic mass is 10.2. The molecule has 1 rings (SSSR count). The van der Waals surface area contributed by atoms with Gasteiger partial charge in [-0.1, -0.05) is 23.2 Å². The highest BCUT2D eigenvalue weighted by molar-refractivity contribution is 7.88. The molecule has 0 radical (unpaired) electrons. The minimum atomic E-state index is -3.34. The second kappa shape index (κ2) is 9.00. The third-order valence-electron chi connectivity index (χ3n) is 2.20. The Hall–Kier alpha value is -0.0400. The molecule has 0 saturated carbocycles. The molecule has 0 fully saturated rings. The third kappa shape index (κ3) is 7.97. The fourth-order valence-electron chi connectivity index (χ4n) is 1.46. The van der Waals surface area contributed by atoms with Crippen molar-refractivity contribution in [3.05, 3.63) is 33.8 Å². The molecule has 0 heterocycles. The SMILES string of the molecule is CNCCCNS(=O)(=O)Cc1cc(Cl)cc(Cl)c1.Cl. The standard InChI is InChI=1S/C11H16Cl2N2O2S.ClH/c1-14-3-2-4-15-18(16,17)8-9-5-10(12)7-11(13)6-9;/h5-7,14-15H,2-4,8H2,1H3;1H. The second-order valence-corrected chi connectivity index (χ2v) is 6.57. The highest BCUT2D eigenvalue weighted by atomic mass is 35.5. The van der Waals surface area contributed by atoms with Gasteiger partial charge in [-0.3, -0.25) is 0 Å². The molecule has 4 nitrogen and oxygen atoms in total. The molecule has 19 heavy (non-hydrogen) atoms. The van der Waals surface area contributed by atoms with E-state index in [1.54, 1.807) is 18.2 Å². The number of rotatable bonds is 7. The Morgan fingerprint density at radius 2 is 1.68 bits per heavy atom. The van der Waals surface area contributed by atoms with Crippen molar-refractivity contribution in [2.75, 3.05) is 20.1 Å². The van der Waals surface area contributed by atoms with E-state index in [0.717, 1.165) is 13.0 Å². The molecule has 0 atom stereocenters. The second-order valence-electron chi connectivity index (χ2n) is 3.89. The first kappa shape index (κ1) is 19.0. The van der Waals surface area contributed by atoms with Crippen LogP contribution >= 0.6 is 35.6 Å². The van der Waals surface area contributed by atoms with Crippen molar-refractivity contribution in [2.45, 2.75) is 12.2 Å². The van der Waals surface area contributed by atoms with E-state index < -0.39 is 10.0 Å². The van der Waals surface area contributed by atoms with Gasteiger partial charge in [0.2, 0.25) is 10.0 Å². The Balaban J connectivity index is 0.00000324. The topological polar surface area (TPSA) is 58.2 Å². The Labute approximate surface area is 130 Å². The fourth-order valence-corrected chi connectivity index (χ4v) is 3.19. The van der Waals surface area contributed by atoms with Crippen molar-refractivity contribution in [1.29, 1.82) is 0 Å². The largest absolute Gasteiger partial charge is 0.320 e. The molecule has 0 aliphatic rings. The summed E-state index contributed by atoms with van der Waals surface area (Å²) in [5, 5.41) is 3.82. The van der Waals surface area contributed by atoms with E-state index in [2.05, 4.69) is 10.0 Å². The molecule has 0 amide bonds. The van der Waals surface area contributed by atoms with Gasteiger partial charge in [-0.25, -0.2) is 13.1 Å². The zero-order valence-electron chi connectivity index (χ0n) is 10.4. The molecule has 0 unspecified atom stereocenters. The van der Waals surface area contributed by atoms with Crippen LogP contribution in [0.3, 0.4) is 0 Å². The van der Waals surface area contributed by atoms with Crippen LogP contribution in [-0.4, -0.2) is 28.6 Å². The summed E-state index contributed by atoms with van der Waals surface area (Å²) >= 11 is 11.6. The van der Waals surface area contributed by atoms with Crippen LogP contribution in [0.5, 0.6) is 0 Å². The van der Waals surface area contributed by atoms with Gasteiger partial charge < -0.3 is 5.32 Å². The zero-order chi connectivity index (χ0) is 13.6. The number of hydrogen-bond donors (Lipinski definition) is 2. The van der Waals surface area contributed by atoms with E-state index in [1.807, 2.05) is 7.05 Å². The van der Waals surface area contributed by atoms with Crippen LogP contribution in [0.4, 0.5) is 0 Å². The van der Waals surface area contributed by atoms with Crippen molar-refractivity contribution in [1.82, 2.24) is 10.0 Å². The van der Waals surface area contributed by atoms with Crippen LogP contribution in [0.25, 0.3) is 0 Å². The summed E-state index contributed by atoms with van der Waals surface area (Å²) in [6.45, 7) is 1.18. The van der Waals surface area contributed by atoms with E-state index in [0.29, 0.717) is 22.2 Å². The van der Waals surface area contributed by atoms with Gasteiger partial charge in [-0.05, 0) is 43.8 Å². The molecule has 1 aromatic carbocycles. The van der Waals surface area contributed by atoms with Gasteiger partial charge in [0, 0.05) is 16.6 Å².